The molecule has 17 heavy (non-hydrogen) atoms. The smallest absolute Gasteiger partial charge is 0.227 e. The molecule has 1 atom stereocenters. The van der Waals surface area contributed by atoms with E-state index < -0.39 is 0 Å². The predicted molar refractivity (Wildman–Crippen MR) is 74.8 cm³/mol. The van der Waals surface area contributed by atoms with E-state index in [1.165, 1.54) is 0 Å². The molecule has 1 fully saturated rings. The minimum Gasteiger partial charge on any atom is -0.312 e. The third kappa shape index (κ3) is 2.50. The number of carbonyl (C=O) groups is 1. The van der Waals surface area contributed by atoms with Gasteiger partial charge in [-0.15, -0.1) is 11.6 Å². The van der Waals surface area contributed by atoms with Crippen LogP contribution in [-0.4, -0.2) is 18.3 Å². The van der Waals surface area contributed by atoms with Crippen LogP contribution in [-0.2, 0) is 4.79 Å². The van der Waals surface area contributed by atoms with E-state index in [9.17, 15) is 4.79 Å². The van der Waals surface area contributed by atoms with E-state index in [2.05, 4.69) is 28.1 Å². The lowest BCUT2D eigenvalue weighted by atomic mass is 10.1. The van der Waals surface area contributed by atoms with Gasteiger partial charge in [0.25, 0.3) is 0 Å². The molecule has 0 aromatic heterocycles. The van der Waals surface area contributed by atoms with Crippen molar-refractivity contribution in [3.05, 3.63) is 27.7 Å². The van der Waals surface area contributed by atoms with Crippen LogP contribution in [0.4, 0.5) is 5.69 Å². The molecule has 0 saturated carbocycles. The summed E-state index contributed by atoms with van der Waals surface area (Å²) in [6.07, 6.45) is 0.568. The Bertz CT molecular complexity index is 461. The number of hydrogen-bond acceptors (Lipinski definition) is 1. The second-order valence-corrected chi connectivity index (χ2v) is 5.78. The van der Waals surface area contributed by atoms with Gasteiger partial charge in [0.15, 0.2) is 0 Å². The van der Waals surface area contributed by atoms with Crippen molar-refractivity contribution < 1.29 is 4.79 Å². The van der Waals surface area contributed by atoms with Crippen molar-refractivity contribution in [3.63, 3.8) is 0 Å². The SMILES string of the molecule is Cc1cc(N2CC(CCl)CC2=O)c(C)cc1Br. The van der Waals surface area contributed by atoms with Crippen LogP contribution in [0.15, 0.2) is 16.6 Å². The van der Waals surface area contributed by atoms with Gasteiger partial charge in [-0.3, -0.25) is 4.79 Å². The molecule has 1 aliphatic rings. The van der Waals surface area contributed by atoms with Crippen LogP contribution in [0, 0.1) is 19.8 Å². The van der Waals surface area contributed by atoms with Gasteiger partial charge in [0.2, 0.25) is 5.91 Å². The van der Waals surface area contributed by atoms with E-state index >= 15 is 0 Å². The number of aryl methyl sites for hydroxylation is 2. The van der Waals surface area contributed by atoms with Crippen LogP contribution < -0.4 is 4.90 Å². The molecule has 1 saturated heterocycles. The monoisotopic (exact) mass is 315 g/mol. The van der Waals surface area contributed by atoms with Crippen molar-refractivity contribution in [2.45, 2.75) is 20.3 Å². The molecule has 0 N–H and O–H groups in total. The molecule has 1 aromatic carbocycles. The second-order valence-electron chi connectivity index (χ2n) is 4.62. The first-order valence-electron chi connectivity index (χ1n) is 5.66. The lowest BCUT2D eigenvalue weighted by Crippen LogP contribution is -2.25. The number of rotatable bonds is 2. The van der Waals surface area contributed by atoms with Gasteiger partial charge in [0.1, 0.15) is 0 Å². The van der Waals surface area contributed by atoms with Gasteiger partial charge in [-0.2, -0.15) is 0 Å². The van der Waals surface area contributed by atoms with Gasteiger partial charge in [-0.05, 0) is 43.0 Å². The summed E-state index contributed by atoms with van der Waals surface area (Å²) in [4.78, 5) is 13.8. The summed E-state index contributed by atoms with van der Waals surface area (Å²) in [6, 6.07) is 4.12. The van der Waals surface area contributed by atoms with E-state index in [0.717, 1.165) is 27.8 Å². The molecular weight excluding hydrogens is 302 g/mol. The Morgan fingerprint density at radius 1 is 1.41 bits per heavy atom. The molecule has 1 aromatic rings. The molecule has 0 radical (unpaired) electrons. The molecule has 1 unspecified atom stereocenters. The molecule has 1 heterocycles. The number of hydrogen-bond donors (Lipinski definition) is 0. The lowest BCUT2D eigenvalue weighted by Gasteiger charge is -2.20. The molecule has 0 spiro atoms. The van der Waals surface area contributed by atoms with E-state index in [-0.39, 0.29) is 11.8 Å². The number of amides is 1. The van der Waals surface area contributed by atoms with Crippen molar-refractivity contribution in [1.29, 1.82) is 0 Å². The van der Waals surface area contributed by atoms with Crippen LogP contribution in [0.1, 0.15) is 17.5 Å². The summed E-state index contributed by atoms with van der Waals surface area (Å²) >= 11 is 9.34. The quantitative estimate of drug-likeness (QED) is 0.763. The van der Waals surface area contributed by atoms with Gasteiger partial charge in [0, 0.05) is 29.0 Å². The minimum absolute atomic E-state index is 0.181. The van der Waals surface area contributed by atoms with Gasteiger partial charge in [-0.25, -0.2) is 0 Å². The van der Waals surface area contributed by atoms with Crippen molar-refractivity contribution in [1.82, 2.24) is 0 Å². The highest BCUT2D eigenvalue weighted by atomic mass is 79.9. The molecule has 1 aliphatic heterocycles. The highest BCUT2D eigenvalue weighted by molar-refractivity contribution is 9.10. The van der Waals surface area contributed by atoms with Crippen LogP contribution in [0.25, 0.3) is 0 Å². The van der Waals surface area contributed by atoms with E-state index in [0.29, 0.717) is 12.3 Å². The number of benzene rings is 1. The fraction of sp³-hybridized carbons (Fsp3) is 0.462. The molecular formula is C13H15BrClNO. The molecule has 2 nitrogen and oxygen atoms in total. The van der Waals surface area contributed by atoms with Crippen molar-refractivity contribution in [2.75, 3.05) is 17.3 Å². The summed E-state index contributed by atoms with van der Waals surface area (Å²) in [7, 11) is 0. The molecule has 0 aliphatic carbocycles. The van der Waals surface area contributed by atoms with Crippen LogP contribution in [0.2, 0.25) is 0 Å². The number of anilines is 1. The third-order valence-electron chi connectivity index (χ3n) is 3.19. The standard InChI is InChI=1S/C13H15BrClNO/c1-8-4-12(9(2)3-11(8)14)16-7-10(6-15)5-13(16)17/h3-4,10H,5-7H2,1-2H3. The molecule has 4 heteroatoms. The molecule has 1 amide bonds. The summed E-state index contributed by atoms with van der Waals surface area (Å²) < 4.78 is 1.08. The van der Waals surface area contributed by atoms with Gasteiger partial charge in [-0.1, -0.05) is 15.9 Å². The Morgan fingerprint density at radius 2 is 2.12 bits per heavy atom. The zero-order chi connectivity index (χ0) is 12.6. The van der Waals surface area contributed by atoms with Crippen LogP contribution >= 0.6 is 27.5 Å². The van der Waals surface area contributed by atoms with Gasteiger partial charge in [0.05, 0.1) is 0 Å². The van der Waals surface area contributed by atoms with Crippen LogP contribution in [0.3, 0.4) is 0 Å². The Hall–Kier alpha value is -0.540. The van der Waals surface area contributed by atoms with E-state index in [4.69, 9.17) is 11.6 Å². The zero-order valence-electron chi connectivity index (χ0n) is 9.96. The molecule has 0 bridgehead atoms. The Balaban J connectivity index is 2.35. The van der Waals surface area contributed by atoms with Crippen molar-refractivity contribution in [2.24, 2.45) is 5.92 Å². The zero-order valence-corrected chi connectivity index (χ0v) is 12.3. The van der Waals surface area contributed by atoms with Crippen molar-refractivity contribution >= 4 is 39.1 Å². The highest BCUT2D eigenvalue weighted by Crippen LogP contribution is 2.32. The third-order valence-corrected chi connectivity index (χ3v) is 4.48. The maximum Gasteiger partial charge on any atom is 0.227 e. The minimum atomic E-state index is 0.181. The fourth-order valence-corrected chi connectivity index (χ4v) is 2.84. The average Bonchev–Trinajstić information content (AvgIpc) is 2.65. The van der Waals surface area contributed by atoms with Gasteiger partial charge >= 0.3 is 0 Å². The predicted octanol–water partition coefficient (Wildman–Crippen LogP) is 3.66. The topological polar surface area (TPSA) is 20.3 Å². The summed E-state index contributed by atoms with van der Waals surface area (Å²) in [5, 5.41) is 0. The first-order valence-corrected chi connectivity index (χ1v) is 6.98. The average molecular weight is 317 g/mol. The number of halogens is 2. The normalized spacial score (nSPS) is 20.1. The summed E-state index contributed by atoms with van der Waals surface area (Å²) in [6.45, 7) is 4.80. The van der Waals surface area contributed by atoms with E-state index in [1.54, 1.807) is 0 Å². The Morgan fingerprint density at radius 3 is 2.71 bits per heavy atom. The number of nitrogens with zero attached hydrogens (tertiary/aromatic N) is 1. The molecule has 92 valence electrons. The van der Waals surface area contributed by atoms with Crippen molar-refractivity contribution in [3.8, 4) is 0 Å². The Kier molecular flexibility index (Phi) is 3.79. The number of carbonyl (C=O) groups excluding carboxylic acids is 1. The first-order chi connectivity index (χ1) is 8.02. The van der Waals surface area contributed by atoms with E-state index in [1.807, 2.05) is 18.7 Å². The van der Waals surface area contributed by atoms with Crippen LogP contribution in [0.5, 0.6) is 0 Å². The lowest BCUT2D eigenvalue weighted by molar-refractivity contribution is -0.117. The maximum atomic E-state index is 11.9. The molecule has 2 rings (SSSR count). The largest absolute Gasteiger partial charge is 0.312 e. The Labute approximate surface area is 115 Å². The second kappa shape index (κ2) is 4.99. The summed E-state index contributed by atoms with van der Waals surface area (Å²) in [5.41, 5.74) is 3.28. The maximum absolute atomic E-state index is 11.9. The number of alkyl halides is 1. The summed E-state index contributed by atoms with van der Waals surface area (Å²) in [5.74, 6) is 1.02. The van der Waals surface area contributed by atoms with Gasteiger partial charge < -0.3 is 4.90 Å². The first kappa shape index (κ1) is 12.9. The fourth-order valence-electron chi connectivity index (χ4n) is 2.17. The highest BCUT2D eigenvalue weighted by Gasteiger charge is 2.30.